The third kappa shape index (κ3) is 3.38. The molecule has 0 bridgehead atoms. The van der Waals surface area contributed by atoms with E-state index in [1.807, 2.05) is 0 Å². The fourth-order valence-electron chi connectivity index (χ4n) is 1.48. The molecule has 0 spiro atoms. The number of nitrogens with zero attached hydrogens (tertiary/aromatic N) is 1. The van der Waals surface area contributed by atoms with Crippen LogP contribution in [0.5, 0.6) is 0 Å². The fourth-order valence-corrected chi connectivity index (χ4v) is 2.47. The first-order chi connectivity index (χ1) is 9.51. The molecule has 0 aliphatic rings. The quantitative estimate of drug-likeness (QED) is 0.825. The van der Waals surface area contributed by atoms with Crippen LogP contribution in [0.2, 0.25) is 0 Å². The summed E-state index contributed by atoms with van der Waals surface area (Å²) in [6.45, 7) is 1.93. The maximum absolute atomic E-state index is 12.1. The lowest BCUT2D eigenvalue weighted by Gasteiger charge is -2.04. The number of aromatic nitrogens is 1. The summed E-state index contributed by atoms with van der Waals surface area (Å²) in [6, 6.07) is 7.67. The summed E-state index contributed by atoms with van der Waals surface area (Å²) >= 11 is 0. The molecule has 1 heterocycles. The average Bonchev–Trinajstić information content (AvgIpc) is 2.81. The van der Waals surface area contributed by atoms with E-state index in [4.69, 9.17) is 10.3 Å². The van der Waals surface area contributed by atoms with Crippen molar-refractivity contribution in [1.29, 1.82) is 0 Å². The highest BCUT2D eigenvalue weighted by atomic mass is 32.2. The normalized spacial score (nSPS) is 10.7. The van der Waals surface area contributed by atoms with Gasteiger partial charge in [-0.15, -0.1) is 0 Å². The molecule has 0 atom stereocenters. The van der Waals surface area contributed by atoms with Gasteiger partial charge in [-0.3, -0.25) is 4.72 Å². The standard InChI is InChI=1S/C13H13N3O3S/c1-10-9-13(15-19-10)16-20(17,18)12-6-4-11(5-7-12)3-2-8-14/h4-7,9H,8,14H2,1H3,(H,15,16). The van der Waals surface area contributed by atoms with Crippen molar-refractivity contribution < 1.29 is 12.9 Å². The van der Waals surface area contributed by atoms with Gasteiger partial charge in [-0.2, -0.15) is 0 Å². The Morgan fingerprint density at radius 3 is 2.60 bits per heavy atom. The van der Waals surface area contributed by atoms with E-state index in [-0.39, 0.29) is 17.3 Å². The van der Waals surface area contributed by atoms with Crippen molar-refractivity contribution in [3.05, 3.63) is 41.7 Å². The van der Waals surface area contributed by atoms with Gasteiger partial charge in [-0.05, 0) is 31.2 Å². The molecule has 1 aromatic heterocycles. The number of benzene rings is 1. The lowest BCUT2D eigenvalue weighted by Crippen LogP contribution is -2.13. The van der Waals surface area contributed by atoms with Crippen LogP contribution in [0.15, 0.2) is 39.8 Å². The van der Waals surface area contributed by atoms with E-state index < -0.39 is 10.0 Å². The molecule has 20 heavy (non-hydrogen) atoms. The van der Waals surface area contributed by atoms with Crippen LogP contribution in [0, 0.1) is 18.8 Å². The third-order valence-corrected chi connectivity index (χ3v) is 3.74. The van der Waals surface area contributed by atoms with Crippen LogP contribution in [0.1, 0.15) is 11.3 Å². The smallest absolute Gasteiger partial charge is 0.263 e. The minimum Gasteiger partial charge on any atom is -0.360 e. The molecule has 7 heteroatoms. The van der Waals surface area contributed by atoms with Crippen LogP contribution < -0.4 is 10.5 Å². The average molecular weight is 291 g/mol. The highest BCUT2D eigenvalue weighted by Crippen LogP contribution is 2.16. The second-order valence-electron chi connectivity index (χ2n) is 3.96. The molecule has 0 aliphatic carbocycles. The molecule has 3 N–H and O–H groups in total. The van der Waals surface area contributed by atoms with Gasteiger partial charge in [0.15, 0.2) is 5.82 Å². The van der Waals surface area contributed by atoms with Gasteiger partial charge < -0.3 is 10.3 Å². The van der Waals surface area contributed by atoms with Crippen LogP contribution in [0.25, 0.3) is 0 Å². The van der Waals surface area contributed by atoms with Crippen LogP contribution in [0.4, 0.5) is 5.82 Å². The van der Waals surface area contributed by atoms with Crippen LogP contribution >= 0.6 is 0 Å². The van der Waals surface area contributed by atoms with Gasteiger partial charge in [0, 0.05) is 11.6 Å². The molecule has 0 fully saturated rings. The molecule has 0 aliphatic heterocycles. The van der Waals surface area contributed by atoms with E-state index >= 15 is 0 Å². The number of nitrogens with one attached hydrogen (secondary N) is 1. The number of rotatable bonds is 3. The molecule has 104 valence electrons. The number of aryl methyl sites for hydroxylation is 1. The van der Waals surface area contributed by atoms with Crippen LogP contribution in [-0.2, 0) is 10.0 Å². The monoisotopic (exact) mass is 291 g/mol. The predicted molar refractivity (Wildman–Crippen MR) is 74.4 cm³/mol. The van der Waals surface area contributed by atoms with Crippen LogP contribution in [-0.4, -0.2) is 20.1 Å². The molecular formula is C13H13N3O3S. The summed E-state index contributed by atoms with van der Waals surface area (Å²) in [5.74, 6) is 6.19. The first kappa shape index (κ1) is 14.1. The molecule has 0 saturated carbocycles. The highest BCUT2D eigenvalue weighted by molar-refractivity contribution is 7.92. The minimum absolute atomic E-state index is 0.122. The predicted octanol–water partition coefficient (Wildman–Crippen LogP) is 1.09. The van der Waals surface area contributed by atoms with Gasteiger partial charge in [0.25, 0.3) is 10.0 Å². The first-order valence-corrected chi connectivity index (χ1v) is 7.25. The Kier molecular flexibility index (Phi) is 4.08. The van der Waals surface area contributed by atoms with Gasteiger partial charge in [-0.25, -0.2) is 8.42 Å². The van der Waals surface area contributed by atoms with Gasteiger partial charge in [-0.1, -0.05) is 17.0 Å². The molecule has 0 amide bonds. The molecular weight excluding hydrogens is 278 g/mol. The van der Waals surface area contributed by atoms with Crippen molar-refractivity contribution in [3.63, 3.8) is 0 Å². The van der Waals surface area contributed by atoms with Crippen molar-refractivity contribution in [2.24, 2.45) is 5.73 Å². The Hall–Kier alpha value is -2.30. The molecule has 0 saturated heterocycles. The Morgan fingerprint density at radius 2 is 2.05 bits per heavy atom. The highest BCUT2D eigenvalue weighted by Gasteiger charge is 2.15. The topological polar surface area (TPSA) is 98.2 Å². The molecule has 6 nitrogen and oxygen atoms in total. The second kappa shape index (κ2) is 5.77. The Labute approximate surface area is 117 Å². The summed E-state index contributed by atoms with van der Waals surface area (Å²) in [6.07, 6.45) is 0. The Balaban J connectivity index is 2.21. The molecule has 2 aromatic rings. The van der Waals surface area contributed by atoms with Gasteiger partial charge in [0.2, 0.25) is 0 Å². The van der Waals surface area contributed by atoms with Gasteiger partial charge in [0.05, 0.1) is 11.4 Å². The van der Waals surface area contributed by atoms with E-state index in [0.717, 1.165) is 0 Å². The fraction of sp³-hybridized carbons (Fsp3) is 0.154. The maximum Gasteiger partial charge on any atom is 0.263 e. The summed E-state index contributed by atoms with van der Waals surface area (Å²) < 4.78 is 31.3. The number of anilines is 1. The van der Waals surface area contributed by atoms with E-state index in [0.29, 0.717) is 11.3 Å². The number of hydrogen-bond donors (Lipinski definition) is 2. The Morgan fingerprint density at radius 1 is 1.35 bits per heavy atom. The second-order valence-corrected chi connectivity index (χ2v) is 5.64. The van der Waals surface area contributed by atoms with E-state index in [2.05, 4.69) is 21.7 Å². The van der Waals surface area contributed by atoms with Crippen LogP contribution in [0.3, 0.4) is 0 Å². The summed E-state index contributed by atoms with van der Waals surface area (Å²) in [4.78, 5) is 0.122. The Bertz CT molecular complexity index is 752. The number of nitrogens with two attached hydrogens (primary N) is 1. The molecule has 2 rings (SSSR count). The zero-order valence-corrected chi connectivity index (χ0v) is 11.6. The molecule has 1 aromatic carbocycles. The van der Waals surface area contributed by atoms with E-state index in [9.17, 15) is 8.42 Å². The summed E-state index contributed by atoms with van der Waals surface area (Å²) in [7, 11) is -3.68. The van der Waals surface area contributed by atoms with Crippen molar-refractivity contribution in [2.45, 2.75) is 11.8 Å². The summed E-state index contributed by atoms with van der Waals surface area (Å²) in [5, 5.41) is 3.58. The summed E-state index contributed by atoms with van der Waals surface area (Å²) in [5.41, 5.74) is 5.97. The van der Waals surface area contributed by atoms with Crippen molar-refractivity contribution in [2.75, 3.05) is 11.3 Å². The van der Waals surface area contributed by atoms with E-state index in [1.54, 1.807) is 19.1 Å². The van der Waals surface area contributed by atoms with Crippen molar-refractivity contribution >= 4 is 15.8 Å². The van der Waals surface area contributed by atoms with E-state index in [1.165, 1.54) is 18.2 Å². The third-order valence-electron chi connectivity index (χ3n) is 2.37. The molecule has 0 unspecified atom stereocenters. The maximum atomic E-state index is 12.1. The lowest BCUT2D eigenvalue weighted by atomic mass is 10.2. The molecule has 0 radical (unpaired) electrons. The zero-order chi connectivity index (χ0) is 14.6. The van der Waals surface area contributed by atoms with Crippen molar-refractivity contribution in [3.8, 4) is 11.8 Å². The largest absolute Gasteiger partial charge is 0.360 e. The lowest BCUT2D eigenvalue weighted by molar-refractivity contribution is 0.400. The minimum atomic E-state index is -3.68. The zero-order valence-electron chi connectivity index (χ0n) is 10.8. The van der Waals surface area contributed by atoms with Gasteiger partial charge >= 0.3 is 0 Å². The van der Waals surface area contributed by atoms with Gasteiger partial charge in [0.1, 0.15) is 5.76 Å². The number of hydrogen-bond acceptors (Lipinski definition) is 5. The SMILES string of the molecule is Cc1cc(NS(=O)(=O)c2ccc(C#CCN)cc2)no1. The first-order valence-electron chi connectivity index (χ1n) is 5.76. The number of sulfonamides is 1. The van der Waals surface area contributed by atoms with Crippen molar-refractivity contribution in [1.82, 2.24) is 5.16 Å².